The van der Waals surface area contributed by atoms with E-state index in [1.807, 2.05) is 0 Å². The Morgan fingerprint density at radius 2 is 1.77 bits per heavy atom. The van der Waals surface area contributed by atoms with Gasteiger partial charge in [-0.3, -0.25) is 9.59 Å². The summed E-state index contributed by atoms with van der Waals surface area (Å²) in [6, 6.07) is 14.9. The number of hydrogen-bond acceptors (Lipinski definition) is 5. The van der Waals surface area contributed by atoms with Gasteiger partial charge >= 0.3 is 5.97 Å². The van der Waals surface area contributed by atoms with E-state index in [9.17, 15) is 18.8 Å². The van der Waals surface area contributed by atoms with Crippen LogP contribution in [0.1, 0.15) is 24.2 Å². The minimum Gasteiger partial charge on any atom is -0.459 e. The lowest BCUT2D eigenvalue weighted by Crippen LogP contribution is -2.29. The van der Waals surface area contributed by atoms with Crippen LogP contribution in [0.4, 0.5) is 10.1 Å². The first-order valence-corrected chi connectivity index (χ1v) is 9.27. The fourth-order valence-corrected chi connectivity index (χ4v) is 2.68. The van der Waals surface area contributed by atoms with E-state index in [4.69, 9.17) is 4.74 Å². The third kappa shape index (κ3) is 5.16. The van der Waals surface area contributed by atoms with E-state index in [1.54, 1.807) is 44.2 Å². The molecule has 0 aliphatic heterocycles. The number of anilines is 1. The van der Waals surface area contributed by atoms with Gasteiger partial charge in [0.2, 0.25) is 5.91 Å². The summed E-state index contributed by atoms with van der Waals surface area (Å²) in [6.45, 7) is 3.16. The summed E-state index contributed by atoms with van der Waals surface area (Å²) >= 11 is 0. The number of carbonyl (C=O) groups is 2. The van der Waals surface area contributed by atoms with Gasteiger partial charge < -0.3 is 10.1 Å². The number of aromatic nitrogens is 2. The normalized spacial score (nSPS) is 10.7. The standard InChI is InChI=1S/C22H20FN3O4/c1-14(2)30-22(29)15-7-9-16(10-8-15)24-20(27)13-26-21(28)12-11-19(25-26)17-5-3-4-6-18(17)23/h3-12,14H,13H2,1-2H3,(H,24,27). The highest BCUT2D eigenvalue weighted by atomic mass is 19.1. The van der Waals surface area contributed by atoms with Crippen molar-refractivity contribution in [1.29, 1.82) is 0 Å². The summed E-state index contributed by atoms with van der Waals surface area (Å²) < 4.78 is 20.0. The van der Waals surface area contributed by atoms with E-state index in [0.717, 1.165) is 4.68 Å². The van der Waals surface area contributed by atoms with Gasteiger partial charge in [-0.05, 0) is 56.3 Å². The minimum atomic E-state index is -0.493. The Kier molecular flexibility index (Phi) is 6.36. The average Bonchev–Trinajstić information content (AvgIpc) is 2.70. The van der Waals surface area contributed by atoms with Crippen molar-refractivity contribution in [2.24, 2.45) is 0 Å². The molecule has 0 aliphatic carbocycles. The first-order valence-electron chi connectivity index (χ1n) is 9.27. The lowest BCUT2D eigenvalue weighted by molar-refractivity contribution is -0.117. The fourth-order valence-electron chi connectivity index (χ4n) is 2.68. The van der Waals surface area contributed by atoms with E-state index in [2.05, 4.69) is 10.4 Å². The van der Waals surface area contributed by atoms with Crippen molar-refractivity contribution in [2.75, 3.05) is 5.32 Å². The Morgan fingerprint density at radius 1 is 1.07 bits per heavy atom. The Morgan fingerprint density at radius 3 is 2.43 bits per heavy atom. The van der Waals surface area contributed by atoms with Crippen molar-refractivity contribution in [1.82, 2.24) is 9.78 Å². The molecule has 0 aliphatic rings. The zero-order valence-corrected chi connectivity index (χ0v) is 16.5. The number of hydrogen-bond donors (Lipinski definition) is 1. The second-order valence-electron chi connectivity index (χ2n) is 6.77. The molecular formula is C22H20FN3O4. The molecule has 30 heavy (non-hydrogen) atoms. The lowest BCUT2D eigenvalue weighted by atomic mass is 10.1. The van der Waals surface area contributed by atoms with Gasteiger partial charge in [0.15, 0.2) is 0 Å². The number of rotatable bonds is 6. The van der Waals surface area contributed by atoms with Crippen LogP contribution >= 0.6 is 0 Å². The van der Waals surface area contributed by atoms with Crippen LogP contribution in [0, 0.1) is 5.82 Å². The second kappa shape index (κ2) is 9.13. The maximum absolute atomic E-state index is 14.0. The van der Waals surface area contributed by atoms with Crippen LogP contribution in [-0.2, 0) is 16.1 Å². The molecule has 0 spiro atoms. The molecule has 0 unspecified atom stereocenters. The first kappa shape index (κ1) is 20.9. The molecule has 3 aromatic rings. The monoisotopic (exact) mass is 409 g/mol. The van der Waals surface area contributed by atoms with Crippen molar-refractivity contribution in [3.8, 4) is 11.3 Å². The number of benzene rings is 2. The van der Waals surface area contributed by atoms with E-state index < -0.39 is 23.3 Å². The largest absolute Gasteiger partial charge is 0.459 e. The molecule has 3 rings (SSSR count). The van der Waals surface area contributed by atoms with E-state index >= 15 is 0 Å². The quantitative estimate of drug-likeness (QED) is 0.631. The van der Waals surface area contributed by atoms with Crippen molar-refractivity contribution < 1.29 is 18.7 Å². The number of esters is 1. The molecule has 2 aromatic carbocycles. The average molecular weight is 409 g/mol. The van der Waals surface area contributed by atoms with Gasteiger partial charge in [-0.15, -0.1) is 0 Å². The van der Waals surface area contributed by atoms with Gasteiger partial charge in [-0.25, -0.2) is 13.9 Å². The number of ether oxygens (including phenoxy) is 1. The van der Waals surface area contributed by atoms with Crippen molar-refractivity contribution in [3.05, 3.63) is 82.4 Å². The van der Waals surface area contributed by atoms with E-state index in [-0.39, 0.29) is 23.9 Å². The second-order valence-corrected chi connectivity index (χ2v) is 6.77. The maximum atomic E-state index is 14.0. The third-order valence-corrected chi connectivity index (χ3v) is 4.06. The Bertz CT molecular complexity index is 1120. The summed E-state index contributed by atoms with van der Waals surface area (Å²) in [6.07, 6.45) is -0.234. The molecule has 7 nitrogen and oxygen atoms in total. The van der Waals surface area contributed by atoms with Crippen LogP contribution < -0.4 is 10.9 Å². The van der Waals surface area contributed by atoms with Crippen molar-refractivity contribution >= 4 is 17.6 Å². The zero-order valence-electron chi connectivity index (χ0n) is 16.5. The number of nitrogens with zero attached hydrogens (tertiary/aromatic N) is 2. The van der Waals surface area contributed by atoms with Gasteiger partial charge in [-0.1, -0.05) is 12.1 Å². The highest BCUT2D eigenvalue weighted by molar-refractivity contribution is 5.93. The molecule has 0 fully saturated rings. The number of carbonyl (C=O) groups excluding carboxylic acids is 2. The zero-order chi connectivity index (χ0) is 21.7. The van der Waals surface area contributed by atoms with E-state index in [0.29, 0.717) is 11.3 Å². The minimum absolute atomic E-state index is 0.232. The van der Waals surface area contributed by atoms with Crippen LogP contribution in [-0.4, -0.2) is 27.8 Å². The summed E-state index contributed by atoms with van der Waals surface area (Å²) in [5.74, 6) is -1.42. The molecule has 8 heteroatoms. The topological polar surface area (TPSA) is 90.3 Å². The molecule has 1 heterocycles. The summed E-state index contributed by atoms with van der Waals surface area (Å²) in [7, 11) is 0. The molecule has 1 N–H and O–H groups in total. The molecule has 0 radical (unpaired) electrons. The summed E-state index contributed by atoms with van der Waals surface area (Å²) in [4.78, 5) is 36.3. The highest BCUT2D eigenvalue weighted by Crippen LogP contribution is 2.19. The van der Waals surface area contributed by atoms with E-state index in [1.165, 1.54) is 30.3 Å². The third-order valence-electron chi connectivity index (χ3n) is 4.06. The Labute approximate surface area is 172 Å². The Balaban J connectivity index is 1.71. The summed E-state index contributed by atoms with van der Waals surface area (Å²) in [5.41, 5.74) is 0.789. The van der Waals surface area contributed by atoms with Crippen LogP contribution in [0.2, 0.25) is 0 Å². The number of halogens is 1. The molecule has 0 saturated heterocycles. The molecule has 0 atom stereocenters. The predicted octanol–water partition coefficient (Wildman–Crippen LogP) is 3.25. The SMILES string of the molecule is CC(C)OC(=O)c1ccc(NC(=O)Cn2nc(-c3ccccc3F)ccc2=O)cc1. The molecule has 154 valence electrons. The number of amides is 1. The van der Waals surface area contributed by atoms with Crippen LogP contribution in [0.5, 0.6) is 0 Å². The van der Waals surface area contributed by atoms with Gasteiger partial charge in [0.25, 0.3) is 5.56 Å². The molecule has 0 saturated carbocycles. The smallest absolute Gasteiger partial charge is 0.338 e. The molecule has 0 bridgehead atoms. The van der Waals surface area contributed by atoms with Crippen LogP contribution in [0.3, 0.4) is 0 Å². The highest BCUT2D eigenvalue weighted by Gasteiger charge is 2.12. The lowest BCUT2D eigenvalue weighted by Gasteiger charge is -2.10. The van der Waals surface area contributed by atoms with Crippen molar-refractivity contribution in [3.63, 3.8) is 0 Å². The fraction of sp³-hybridized carbons (Fsp3) is 0.182. The van der Waals surface area contributed by atoms with Gasteiger partial charge in [-0.2, -0.15) is 5.10 Å². The maximum Gasteiger partial charge on any atom is 0.338 e. The first-order chi connectivity index (χ1) is 14.3. The molecule has 1 amide bonds. The van der Waals surface area contributed by atoms with Gasteiger partial charge in [0.05, 0.1) is 17.4 Å². The number of nitrogens with one attached hydrogen (secondary N) is 1. The van der Waals surface area contributed by atoms with Crippen LogP contribution in [0.25, 0.3) is 11.3 Å². The van der Waals surface area contributed by atoms with Crippen molar-refractivity contribution in [2.45, 2.75) is 26.5 Å². The predicted molar refractivity (Wildman–Crippen MR) is 110 cm³/mol. The van der Waals surface area contributed by atoms with Gasteiger partial charge in [0, 0.05) is 17.3 Å². The van der Waals surface area contributed by atoms with Gasteiger partial charge in [0.1, 0.15) is 12.4 Å². The van der Waals surface area contributed by atoms with Crippen LogP contribution in [0.15, 0.2) is 65.5 Å². The molecular weight excluding hydrogens is 389 g/mol. The summed E-state index contributed by atoms with van der Waals surface area (Å²) in [5, 5.41) is 6.72. The molecule has 1 aromatic heterocycles. The Hall–Kier alpha value is -3.81.